The molecule has 188 valence electrons. The molecule has 1 amide bonds. The van der Waals surface area contributed by atoms with Crippen LogP contribution in [0.25, 0.3) is 0 Å². The van der Waals surface area contributed by atoms with Gasteiger partial charge in [0.1, 0.15) is 12.3 Å². The number of carbonyl (C=O) groups excluding carboxylic acids is 1. The van der Waals surface area contributed by atoms with Crippen molar-refractivity contribution in [2.24, 2.45) is 11.1 Å². The van der Waals surface area contributed by atoms with Gasteiger partial charge in [-0.2, -0.15) is 13.2 Å². The normalized spacial score (nSPS) is 26.1. The monoisotopic (exact) mass is 554 g/mol. The molecular weight excluding hydrogens is 538 g/mol. The summed E-state index contributed by atoms with van der Waals surface area (Å²) in [5.41, 5.74) is -4.33. The lowest BCUT2D eigenvalue weighted by Crippen LogP contribution is -2.46. The molecule has 4 nitrogen and oxygen atoms in total. The minimum absolute atomic E-state index is 0.000985. The van der Waals surface area contributed by atoms with E-state index in [1.165, 1.54) is 24.3 Å². The second kappa shape index (κ2) is 9.41. The molecule has 1 heterocycles. The van der Waals surface area contributed by atoms with E-state index in [2.05, 4.69) is 10.5 Å². The van der Waals surface area contributed by atoms with Gasteiger partial charge in [-0.1, -0.05) is 64.2 Å². The van der Waals surface area contributed by atoms with Crippen LogP contribution in [-0.4, -0.2) is 31.0 Å². The van der Waals surface area contributed by atoms with Gasteiger partial charge in [0.05, 0.1) is 20.8 Å². The first-order valence-electron chi connectivity index (χ1n) is 10.5. The number of nitrogens with zero attached hydrogens (tertiary/aromatic N) is 1. The van der Waals surface area contributed by atoms with Gasteiger partial charge in [-0.15, -0.1) is 0 Å². The fraction of sp³-hybridized carbons (Fsp3) is 0.391. The molecule has 12 heteroatoms. The number of hydrogen-bond acceptors (Lipinski definition) is 3. The topological polar surface area (TPSA) is 50.7 Å². The van der Waals surface area contributed by atoms with Gasteiger partial charge in [0, 0.05) is 24.4 Å². The van der Waals surface area contributed by atoms with Crippen molar-refractivity contribution >= 4 is 46.4 Å². The van der Waals surface area contributed by atoms with E-state index in [0.29, 0.717) is 5.56 Å². The number of carbonyl (C=O) groups is 1. The Balaban J connectivity index is 1.52. The molecule has 0 radical (unpaired) electrons. The maximum absolute atomic E-state index is 15.2. The van der Waals surface area contributed by atoms with Crippen molar-refractivity contribution in [1.82, 2.24) is 5.32 Å². The number of hydrogen-bond donors (Lipinski definition) is 1. The van der Waals surface area contributed by atoms with E-state index in [1.54, 1.807) is 0 Å². The summed E-state index contributed by atoms with van der Waals surface area (Å²) in [6, 6.07) is 7.85. The average molecular weight is 556 g/mol. The van der Waals surface area contributed by atoms with E-state index in [-0.39, 0.29) is 51.3 Å². The second-order valence-corrected chi connectivity index (χ2v) is 9.70. The van der Waals surface area contributed by atoms with E-state index < -0.39 is 42.4 Å². The van der Waals surface area contributed by atoms with Gasteiger partial charge in [0.2, 0.25) is 5.91 Å². The molecule has 1 aliphatic heterocycles. The van der Waals surface area contributed by atoms with Gasteiger partial charge >= 0.3 is 6.18 Å². The SMILES string of the molecule is O=C(NCCF)C1CC(F)(c2ccc(C3=NOC(c4cc(Cl)c(Cl)c(Cl)c4)(C(F)(F)F)C3)cc2)C1. The lowest BCUT2D eigenvalue weighted by Gasteiger charge is -2.40. The highest BCUT2D eigenvalue weighted by atomic mass is 35.5. The number of oxime groups is 1. The maximum Gasteiger partial charge on any atom is 0.435 e. The molecule has 0 aromatic heterocycles. The van der Waals surface area contributed by atoms with Crippen LogP contribution in [0.5, 0.6) is 0 Å². The maximum atomic E-state index is 15.2. The van der Waals surface area contributed by atoms with Crippen LogP contribution in [0.4, 0.5) is 22.0 Å². The van der Waals surface area contributed by atoms with E-state index in [0.717, 1.165) is 12.1 Å². The zero-order valence-electron chi connectivity index (χ0n) is 17.9. The van der Waals surface area contributed by atoms with Crippen LogP contribution >= 0.6 is 34.8 Å². The third kappa shape index (κ3) is 4.70. The van der Waals surface area contributed by atoms with Gasteiger partial charge in [0.25, 0.3) is 5.60 Å². The smallest absolute Gasteiger partial charge is 0.374 e. The molecule has 0 saturated heterocycles. The Morgan fingerprint density at radius 3 is 2.23 bits per heavy atom. The summed E-state index contributed by atoms with van der Waals surface area (Å²) in [6.07, 6.45) is -5.67. The molecule has 35 heavy (non-hydrogen) atoms. The fourth-order valence-electron chi connectivity index (χ4n) is 4.27. The Kier molecular flexibility index (Phi) is 6.98. The number of benzene rings is 2. The molecule has 1 saturated carbocycles. The van der Waals surface area contributed by atoms with Crippen LogP contribution in [0.3, 0.4) is 0 Å². The zero-order valence-corrected chi connectivity index (χ0v) is 20.1. The Morgan fingerprint density at radius 1 is 1.09 bits per heavy atom. The molecule has 1 aliphatic carbocycles. The summed E-state index contributed by atoms with van der Waals surface area (Å²) in [7, 11) is 0. The predicted molar refractivity (Wildman–Crippen MR) is 122 cm³/mol. The highest BCUT2D eigenvalue weighted by molar-refractivity contribution is 6.48. The quantitative estimate of drug-likeness (QED) is 0.312. The van der Waals surface area contributed by atoms with Crippen molar-refractivity contribution in [3.63, 3.8) is 0 Å². The van der Waals surface area contributed by atoms with Crippen molar-refractivity contribution in [3.05, 3.63) is 68.2 Å². The second-order valence-electron chi connectivity index (χ2n) is 8.51. The summed E-state index contributed by atoms with van der Waals surface area (Å²) in [6.45, 7) is -0.830. The molecule has 2 aromatic carbocycles. The molecule has 1 N–H and O–H groups in total. The highest BCUT2D eigenvalue weighted by Gasteiger charge is 2.62. The molecule has 2 aliphatic rings. The highest BCUT2D eigenvalue weighted by Crippen LogP contribution is 2.51. The molecule has 0 bridgehead atoms. The number of halogens is 8. The van der Waals surface area contributed by atoms with Crippen molar-refractivity contribution in [2.45, 2.75) is 36.7 Å². The van der Waals surface area contributed by atoms with Crippen molar-refractivity contribution in [1.29, 1.82) is 0 Å². The molecule has 1 fully saturated rings. The van der Waals surface area contributed by atoms with Gasteiger partial charge in [0.15, 0.2) is 0 Å². The minimum atomic E-state index is -4.87. The third-order valence-electron chi connectivity index (χ3n) is 6.28. The first-order valence-corrected chi connectivity index (χ1v) is 11.6. The van der Waals surface area contributed by atoms with E-state index >= 15 is 4.39 Å². The molecule has 1 atom stereocenters. The van der Waals surface area contributed by atoms with E-state index in [4.69, 9.17) is 39.6 Å². The van der Waals surface area contributed by atoms with Gasteiger partial charge in [-0.05, 0) is 36.1 Å². The van der Waals surface area contributed by atoms with Crippen LogP contribution < -0.4 is 5.32 Å². The fourth-order valence-corrected chi connectivity index (χ4v) is 4.86. The summed E-state index contributed by atoms with van der Waals surface area (Å²) in [4.78, 5) is 16.8. The average Bonchev–Trinajstić information content (AvgIpc) is 3.26. The van der Waals surface area contributed by atoms with Gasteiger partial charge < -0.3 is 10.2 Å². The summed E-state index contributed by atoms with van der Waals surface area (Å²) >= 11 is 17.8. The lowest BCUT2D eigenvalue weighted by molar-refractivity contribution is -0.275. The summed E-state index contributed by atoms with van der Waals surface area (Å²) in [5.74, 6) is -0.972. The number of alkyl halides is 5. The number of rotatable bonds is 6. The van der Waals surface area contributed by atoms with Crippen LogP contribution in [0.15, 0.2) is 41.6 Å². The number of amides is 1. The molecule has 1 unspecified atom stereocenters. The van der Waals surface area contributed by atoms with Crippen molar-refractivity contribution in [2.75, 3.05) is 13.2 Å². The van der Waals surface area contributed by atoms with Crippen LogP contribution in [0, 0.1) is 5.92 Å². The lowest BCUT2D eigenvalue weighted by atomic mass is 9.68. The van der Waals surface area contributed by atoms with Gasteiger partial charge in [-0.25, -0.2) is 8.78 Å². The van der Waals surface area contributed by atoms with E-state index in [1.807, 2.05) is 0 Å². The largest absolute Gasteiger partial charge is 0.435 e. The third-order valence-corrected chi connectivity index (χ3v) is 7.47. The molecule has 2 aromatic rings. The first kappa shape index (κ1) is 26.0. The summed E-state index contributed by atoms with van der Waals surface area (Å²) in [5, 5.41) is 5.66. The van der Waals surface area contributed by atoms with Crippen LogP contribution in [-0.2, 0) is 20.9 Å². The Morgan fingerprint density at radius 2 is 1.69 bits per heavy atom. The standard InChI is InChI=1S/C23H18Cl3F5N2O2/c24-16-7-15(8-17(25)19(16)26)22(23(29,30)31)11-18(33-35-22)12-1-3-14(4-2-12)21(28)9-13(10-21)20(34)32-6-5-27/h1-4,7-8,13H,5-6,9-11H2,(H,32,34). The molecule has 0 spiro atoms. The summed E-state index contributed by atoms with van der Waals surface area (Å²) < 4.78 is 70.0. The predicted octanol–water partition coefficient (Wildman–Crippen LogP) is 6.89. The Labute approximate surface area is 212 Å². The first-order chi connectivity index (χ1) is 16.4. The van der Waals surface area contributed by atoms with Crippen LogP contribution in [0.1, 0.15) is 36.0 Å². The van der Waals surface area contributed by atoms with Crippen molar-refractivity contribution < 1.29 is 31.6 Å². The zero-order chi connectivity index (χ0) is 25.6. The Bertz CT molecular complexity index is 1140. The van der Waals surface area contributed by atoms with E-state index in [9.17, 15) is 22.4 Å². The Hall–Kier alpha value is -2.10. The number of nitrogens with one attached hydrogen (secondary N) is 1. The van der Waals surface area contributed by atoms with Crippen LogP contribution in [0.2, 0.25) is 15.1 Å². The van der Waals surface area contributed by atoms with Gasteiger partial charge in [-0.3, -0.25) is 4.79 Å². The van der Waals surface area contributed by atoms with Crippen molar-refractivity contribution in [3.8, 4) is 0 Å². The minimum Gasteiger partial charge on any atom is -0.374 e. The molecule has 4 rings (SSSR count). The molecular formula is C23H18Cl3F5N2O2.